The van der Waals surface area contributed by atoms with E-state index in [9.17, 15) is 4.79 Å². The molecular weight excluding hydrogens is 274 g/mol. The SMILES string of the molecule is CC(=O)N(C/C=C/Cc1ccc(C#N)cc1)CCCCCN. The molecule has 0 spiro atoms. The summed E-state index contributed by atoms with van der Waals surface area (Å²) in [7, 11) is 0. The van der Waals surface area contributed by atoms with Gasteiger partial charge in [-0.15, -0.1) is 0 Å². The maximum absolute atomic E-state index is 11.6. The zero-order valence-corrected chi connectivity index (χ0v) is 13.3. The molecule has 0 saturated carbocycles. The molecule has 2 N–H and O–H groups in total. The molecule has 1 rings (SSSR count). The molecule has 1 amide bonds. The monoisotopic (exact) mass is 299 g/mol. The fraction of sp³-hybridized carbons (Fsp3) is 0.444. The first kappa shape index (κ1) is 17.9. The summed E-state index contributed by atoms with van der Waals surface area (Å²) in [4.78, 5) is 13.4. The van der Waals surface area contributed by atoms with Gasteiger partial charge in [0.15, 0.2) is 0 Å². The second-order valence-electron chi connectivity index (χ2n) is 5.30. The van der Waals surface area contributed by atoms with Gasteiger partial charge >= 0.3 is 0 Å². The third kappa shape index (κ3) is 7.05. The molecule has 0 aromatic heterocycles. The molecule has 0 bridgehead atoms. The number of unbranched alkanes of at least 4 members (excludes halogenated alkanes) is 2. The van der Waals surface area contributed by atoms with Crippen molar-refractivity contribution in [3.63, 3.8) is 0 Å². The first-order chi connectivity index (χ1) is 10.7. The van der Waals surface area contributed by atoms with Crippen LogP contribution in [0.4, 0.5) is 0 Å². The topological polar surface area (TPSA) is 70.1 Å². The summed E-state index contributed by atoms with van der Waals surface area (Å²) in [6.07, 6.45) is 7.99. The Morgan fingerprint density at radius 1 is 1.23 bits per heavy atom. The number of hydrogen-bond acceptors (Lipinski definition) is 3. The second-order valence-corrected chi connectivity index (χ2v) is 5.30. The molecule has 22 heavy (non-hydrogen) atoms. The van der Waals surface area contributed by atoms with Crippen LogP contribution in [0.2, 0.25) is 0 Å². The van der Waals surface area contributed by atoms with E-state index in [-0.39, 0.29) is 5.91 Å². The lowest BCUT2D eigenvalue weighted by Crippen LogP contribution is -2.30. The summed E-state index contributed by atoms with van der Waals surface area (Å²) in [6.45, 7) is 3.76. The normalized spacial score (nSPS) is 10.6. The van der Waals surface area contributed by atoms with E-state index in [1.807, 2.05) is 35.2 Å². The summed E-state index contributed by atoms with van der Waals surface area (Å²) < 4.78 is 0. The standard InChI is InChI=1S/C18H25N3O/c1-16(22)21(13-5-2-4-12-19)14-6-3-7-17-8-10-18(15-20)11-9-17/h3,6,8-11H,2,4-5,7,12-14,19H2,1H3/b6-3+. The van der Waals surface area contributed by atoms with Gasteiger partial charge in [-0.3, -0.25) is 4.79 Å². The number of nitrogens with two attached hydrogens (primary N) is 1. The number of nitrogens with zero attached hydrogens (tertiary/aromatic N) is 2. The highest BCUT2D eigenvalue weighted by Gasteiger charge is 2.05. The summed E-state index contributed by atoms with van der Waals surface area (Å²) in [5.74, 6) is 0.107. The van der Waals surface area contributed by atoms with Crippen LogP contribution in [-0.2, 0) is 11.2 Å². The number of hydrogen-bond donors (Lipinski definition) is 1. The van der Waals surface area contributed by atoms with E-state index in [2.05, 4.69) is 12.1 Å². The van der Waals surface area contributed by atoms with Crippen molar-refractivity contribution in [3.05, 3.63) is 47.5 Å². The zero-order valence-electron chi connectivity index (χ0n) is 13.3. The highest BCUT2D eigenvalue weighted by molar-refractivity contribution is 5.73. The van der Waals surface area contributed by atoms with Gasteiger partial charge in [0.05, 0.1) is 11.6 Å². The summed E-state index contributed by atoms with van der Waals surface area (Å²) >= 11 is 0. The Hall–Kier alpha value is -2.12. The number of amides is 1. The fourth-order valence-corrected chi connectivity index (χ4v) is 2.14. The van der Waals surface area contributed by atoms with Crippen molar-refractivity contribution in [1.82, 2.24) is 4.90 Å². The van der Waals surface area contributed by atoms with Crippen molar-refractivity contribution in [1.29, 1.82) is 5.26 Å². The van der Waals surface area contributed by atoms with Gasteiger partial charge in [0.2, 0.25) is 5.91 Å². The van der Waals surface area contributed by atoms with E-state index in [0.717, 1.165) is 37.8 Å². The van der Waals surface area contributed by atoms with Crippen LogP contribution in [0.5, 0.6) is 0 Å². The fourth-order valence-electron chi connectivity index (χ4n) is 2.14. The number of carbonyl (C=O) groups is 1. The molecule has 0 fully saturated rings. The highest BCUT2D eigenvalue weighted by atomic mass is 16.2. The quantitative estimate of drug-likeness (QED) is 0.563. The van der Waals surface area contributed by atoms with Crippen LogP contribution in [0, 0.1) is 11.3 Å². The average Bonchev–Trinajstić information content (AvgIpc) is 2.53. The first-order valence-electron chi connectivity index (χ1n) is 7.77. The lowest BCUT2D eigenvalue weighted by Gasteiger charge is -2.19. The molecule has 0 heterocycles. The number of benzene rings is 1. The van der Waals surface area contributed by atoms with Gasteiger partial charge < -0.3 is 10.6 Å². The van der Waals surface area contributed by atoms with E-state index in [0.29, 0.717) is 18.7 Å². The Bertz CT molecular complexity index is 514. The number of allylic oxidation sites excluding steroid dienone is 1. The van der Waals surface area contributed by atoms with Crippen LogP contribution in [0.15, 0.2) is 36.4 Å². The Kier molecular flexibility index (Phi) is 8.63. The summed E-state index contributed by atoms with van der Waals surface area (Å²) in [5, 5.41) is 8.75. The van der Waals surface area contributed by atoms with Crippen LogP contribution in [0.1, 0.15) is 37.3 Å². The lowest BCUT2D eigenvalue weighted by atomic mass is 10.1. The molecular formula is C18H25N3O. The Labute approximate surface area is 133 Å². The van der Waals surface area contributed by atoms with Crippen LogP contribution < -0.4 is 5.73 Å². The van der Waals surface area contributed by atoms with E-state index in [4.69, 9.17) is 11.0 Å². The maximum Gasteiger partial charge on any atom is 0.219 e. The van der Waals surface area contributed by atoms with Gasteiger partial charge in [0, 0.05) is 20.0 Å². The van der Waals surface area contributed by atoms with Gasteiger partial charge in [-0.05, 0) is 43.5 Å². The number of nitriles is 1. The van der Waals surface area contributed by atoms with E-state index >= 15 is 0 Å². The van der Waals surface area contributed by atoms with Gasteiger partial charge in [0.1, 0.15) is 0 Å². The molecule has 1 aromatic carbocycles. The van der Waals surface area contributed by atoms with Gasteiger partial charge in [-0.25, -0.2) is 0 Å². The van der Waals surface area contributed by atoms with Crippen LogP contribution in [0.3, 0.4) is 0 Å². The van der Waals surface area contributed by atoms with Crippen molar-refractivity contribution in [2.24, 2.45) is 5.73 Å². The summed E-state index contributed by atoms with van der Waals surface area (Å²) in [5.41, 5.74) is 7.30. The van der Waals surface area contributed by atoms with Crippen molar-refractivity contribution in [2.45, 2.75) is 32.6 Å². The molecule has 1 aromatic rings. The van der Waals surface area contributed by atoms with Crippen molar-refractivity contribution in [3.8, 4) is 6.07 Å². The largest absolute Gasteiger partial charge is 0.339 e. The van der Waals surface area contributed by atoms with Crippen LogP contribution in [-0.4, -0.2) is 30.4 Å². The van der Waals surface area contributed by atoms with E-state index < -0.39 is 0 Å². The number of carbonyl (C=O) groups excluding carboxylic acids is 1. The molecule has 0 unspecified atom stereocenters. The molecule has 0 aliphatic rings. The Balaban J connectivity index is 2.36. The maximum atomic E-state index is 11.6. The van der Waals surface area contributed by atoms with Crippen LogP contribution >= 0.6 is 0 Å². The smallest absolute Gasteiger partial charge is 0.219 e. The minimum Gasteiger partial charge on any atom is -0.339 e. The minimum absolute atomic E-state index is 0.107. The third-order valence-corrected chi connectivity index (χ3v) is 3.51. The molecule has 118 valence electrons. The molecule has 4 heteroatoms. The molecule has 0 atom stereocenters. The predicted octanol–water partition coefficient (Wildman–Crippen LogP) is 2.63. The molecule has 4 nitrogen and oxygen atoms in total. The van der Waals surface area contributed by atoms with Crippen LogP contribution in [0.25, 0.3) is 0 Å². The predicted molar refractivity (Wildman–Crippen MR) is 89.2 cm³/mol. The first-order valence-corrected chi connectivity index (χ1v) is 7.77. The highest BCUT2D eigenvalue weighted by Crippen LogP contribution is 2.05. The van der Waals surface area contributed by atoms with Crippen molar-refractivity contribution < 1.29 is 4.79 Å². The summed E-state index contributed by atoms with van der Waals surface area (Å²) in [6, 6.07) is 9.66. The van der Waals surface area contributed by atoms with Crippen molar-refractivity contribution >= 4 is 5.91 Å². The molecule has 0 saturated heterocycles. The van der Waals surface area contributed by atoms with Gasteiger partial charge in [-0.2, -0.15) is 5.26 Å². The molecule has 0 aliphatic carbocycles. The molecule has 0 radical (unpaired) electrons. The van der Waals surface area contributed by atoms with Gasteiger partial charge in [0.25, 0.3) is 0 Å². The van der Waals surface area contributed by atoms with E-state index in [1.54, 1.807) is 6.92 Å². The van der Waals surface area contributed by atoms with E-state index in [1.165, 1.54) is 0 Å². The molecule has 0 aliphatic heterocycles. The third-order valence-electron chi connectivity index (χ3n) is 3.51. The van der Waals surface area contributed by atoms with Gasteiger partial charge in [-0.1, -0.05) is 30.7 Å². The second kappa shape index (κ2) is 10.6. The lowest BCUT2D eigenvalue weighted by molar-refractivity contribution is -0.128. The Morgan fingerprint density at radius 2 is 1.95 bits per heavy atom. The Morgan fingerprint density at radius 3 is 2.55 bits per heavy atom. The zero-order chi connectivity index (χ0) is 16.2. The number of rotatable bonds is 9. The average molecular weight is 299 g/mol. The minimum atomic E-state index is 0.107. The van der Waals surface area contributed by atoms with Crippen molar-refractivity contribution in [2.75, 3.05) is 19.6 Å².